The predicted octanol–water partition coefficient (Wildman–Crippen LogP) is 3.32. The van der Waals surface area contributed by atoms with Crippen LogP contribution >= 0.6 is 28.3 Å². The molecule has 1 aromatic carbocycles. The summed E-state index contributed by atoms with van der Waals surface area (Å²) in [6, 6.07) is 2.56. The molecule has 102 valence electrons. The van der Waals surface area contributed by atoms with Crippen molar-refractivity contribution in [3.8, 4) is 5.75 Å². The maximum absolute atomic E-state index is 11.0. The summed E-state index contributed by atoms with van der Waals surface area (Å²) in [4.78, 5) is 11.0. The summed E-state index contributed by atoms with van der Waals surface area (Å²) in [6.45, 7) is 5.79. The third kappa shape index (κ3) is 3.60. The van der Waals surface area contributed by atoms with E-state index in [0.29, 0.717) is 10.0 Å². The molecule has 1 atom stereocenters. The van der Waals surface area contributed by atoms with Crippen LogP contribution < -0.4 is 5.73 Å². The number of carbonyl (C=O) groups is 1. The van der Waals surface area contributed by atoms with Crippen LogP contribution in [0.25, 0.3) is 0 Å². The Morgan fingerprint density at radius 2 is 1.89 bits per heavy atom. The van der Waals surface area contributed by atoms with E-state index < -0.39 is 12.0 Å². The van der Waals surface area contributed by atoms with Crippen LogP contribution in [0.1, 0.15) is 42.7 Å². The monoisotopic (exact) mass is 337 g/mol. The molecule has 1 rings (SSSR count). The highest BCUT2D eigenvalue weighted by molar-refractivity contribution is 9.10. The number of hydrogen-bond acceptors (Lipinski definition) is 3. The van der Waals surface area contributed by atoms with Gasteiger partial charge >= 0.3 is 5.97 Å². The van der Waals surface area contributed by atoms with Gasteiger partial charge in [-0.05, 0) is 17.5 Å². The average molecular weight is 339 g/mol. The fraction of sp³-hybridized carbons (Fsp3) is 0.417. The van der Waals surface area contributed by atoms with Gasteiger partial charge in [0.05, 0.1) is 0 Å². The molecule has 0 fully saturated rings. The van der Waals surface area contributed by atoms with Crippen molar-refractivity contribution in [2.24, 2.45) is 11.1 Å². The van der Waals surface area contributed by atoms with Crippen LogP contribution in [0.4, 0.5) is 0 Å². The largest absolute Gasteiger partial charge is 0.507 e. The van der Waals surface area contributed by atoms with Crippen LogP contribution in [0.3, 0.4) is 0 Å². The zero-order valence-electron chi connectivity index (χ0n) is 10.4. The molecule has 1 aromatic rings. The number of carboxylic acid groups (broad SMARTS) is 1. The minimum Gasteiger partial charge on any atom is -0.507 e. The van der Waals surface area contributed by atoms with Gasteiger partial charge in [0.1, 0.15) is 11.3 Å². The standard InChI is InChI=1S/C12H16BrNO3.ClH/c1-12(2,3)10(14)7-4-6(13)5-8(9(7)15)11(16)17;/h4-5,10,15H,14H2,1-3H3,(H,16,17);1H/t10-;/m1./s1. The number of phenols is 1. The lowest BCUT2D eigenvalue weighted by molar-refractivity contribution is 0.0693. The molecule has 4 N–H and O–H groups in total. The smallest absolute Gasteiger partial charge is 0.339 e. The number of halogens is 2. The zero-order valence-corrected chi connectivity index (χ0v) is 12.8. The lowest BCUT2D eigenvalue weighted by Crippen LogP contribution is -2.26. The molecule has 0 unspecified atom stereocenters. The normalized spacial score (nSPS) is 12.7. The quantitative estimate of drug-likeness (QED) is 0.772. The molecule has 0 aliphatic rings. The maximum Gasteiger partial charge on any atom is 0.339 e. The second-order valence-electron chi connectivity index (χ2n) is 5.04. The van der Waals surface area contributed by atoms with Crippen molar-refractivity contribution in [3.05, 3.63) is 27.7 Å². The Bertz CT molecular complexity index is 457. The molecule has 0 aromatic heterocycles. The van der Waals surface area contributed by atoms with Gasteiger partial charge in [-0.1, -0.05) is 36.7 Å². The van der Waals surface area contributed by atoms with Gasteiger partial charge in [0.2, 0.25) is 0 Å². The molecule has 0 bridgehead atoms. The Morgan fingerprint density at radius 1 is 1.39 bits per heavy atom. The summed E-state index contributed by atoms with van der Waals surface area (Å²) < 4.78 is 0.586. The van der Waals surface area contributed by atoms with Crippen molar-refractivity contribution >= 4 is 34.3 Å². The first kappa shape index (κ1) is 17.2. The molecule has 0 amide bonds. The topological polar surface area (TPSA) is 83.6 Å². The minimum absolute atomic E-state index is 0. The van der Waals surface area contributed by atoms with Crippen LogP contribution in [0.15, 0.2) is 16.6 Å². The van der Waals surface area contributed by atoms with Crippen LogP contribution in [0.2, 0.25) is 0 Å². The van der Waals surface area contributed by atoms with Crippen molar-refractivity contribution < 1.29 is 15.0 Å². The van der Waals surface area contributed by atoms with E-state index in [4.69, 9.17) is 10.8 Å². The van der Waals surface area contributed by atoms with Crippen molar-refractivity contribution in [3.63, 3.8) is 0 Å². The van der Waals surface area contributed by atoms with Crippen molar-refractivity contribution in [2.45, 2.75) is 26.8 Å². The van der Waals surface area contributed by atoms with Crippen molar-refractivity contribution in [2.75, 3.05) is 0 Å². The summed E-state index contributed by atoms with van der Waals surface area (Å²) in [5.74, 6) is -1.44. The molecule has 0 saturated carbocycles. The molecule has 4 nitrogen and oxygen atoms in total. The number of aromatic hydroxyl groups is 1. The molecule has 0 saturated heterocycles. The molecule has 6 heteroatoms. The van der Waals surface area contributed by atoms with Crippen LogP contribution in [0, 0.1) is 5.41 Å². The molecule has 0 aliphatic carbocycles. The predicted molar refractivity (Wildman–Crippen MR) is 76.4 cm³/mol. The molecule has 0 radical (unpaired) electrons. The van der Waals surface area contributed by atoms with Crippen molar-refractivity contribution in [1.29, 1.82) is 0 Å². The SMILES string of the molecule is CC(C)(C)[C@H](N)c1cc(Br)cc(C(=O)O)c1O.Cl. The zero-order chi connectivity index (χ0) is 13.4. The first-order chi connectivity index (χ1) is 7.64. The lowest BCUT2D eigenvalue weighted by Gasteiger charge is -2.28. The Labute approximate surface area is 121 Å². The van der Waals surface area contributed by atoms with E-state index in [2.05, 4.69) is 15.9 Å². The van der Waals surface area contributed by atoms with Crippen LogP contribution in [-0.2, 0) is 0 Å². The summed E-state index contributed by atoms with van der Waals surface area (Å²) >= 11 is 3.22. The Balaban J connectivity index is 0.00000289. The maximum atomic E-state index is 11.0. The van der Waals surface area contributed by atoms with E-state index >= 15 is 0 Å². The van der Waals surface area contributed by atoms with Gasteiger partial charge in [0.15, 0.2) is 0 Å². The number of benzene rings is 1. The Hall–Kier alpha value is -0.780. The third-order valence-corrected chi connectivity index (χ3v) is 3.06. The average Bonchev–Trinajstić information content (AvgIpc) is 2.18. The molecule has 0 spiro atoms. The van der Waals surface area contributed by atoms with Crippen molar-refractivity contribution in [1.82, 2.24) is 0 Å². The highest BCUT2D eigenvalue weighted by Gasteiger charge is 2.27. The van der Waals surface area contributed by atoms with Gasteiger partial charge < -0.3 is 15.9 Å². The van der Waals surface area contributed by atoms with Crippen LogP contribution in [0.5, 0.6) is 5.75 Å². The highest BCUT2D eigenvalue weighted by Crippen LogP contribution is 2.38. The van der Waals surface area contributed by atoms with E-state index in [1.54, 1.807) is 6.07 Å². The number of nitrogens with two attached hydrogens (primary N) is 1. The number of hydrogen-bond donors (Lipinski definition) is 3. The molecule has 0 aliphatic heterocycles. The summed E-state index contributed by atoms with van der Waals surface area (Å²) in [6.07, 6.45) is 0. The highest BCUT2D eigenvalue weighted by atomic mass is 79.9. The van der Waals surface area contributed by atoms with Gasteiger partial charge in [-0.3, -0.25) is 0 Å². The molecule has 0 heterocycles. The summed E-state index contributed by atoms with van der Waals surface area (Å²) in [7, 11) is 0. The van der Waals surface area contributed by atoms with Gasteiger partial charge in [0.25, 0.3) is 0 Å². The summed E-state index contributed by atoms with van der Waals surface area (Å²) in [5, 5.41) is 18.9. The van der Waals surface area contributed by atoms with Gasteiger partial charge in [-0.25, -0.2) is 4.79 Å². The number of rotatable bonds is 2. The first-order valence-corrected chi connectivity index (χ1v) is 5.95. The first-order valence-electron chi connectivity index (χ1n) is 5.16. The number of carboxylic acids is 1. The van der Waals surface area contributed by atoms with Crippen LogP contribution in [-0.4, -0.2) is 16.2 Å². The minimum atomic E-state index is -1.17. The third-order valence-electron chi connectivity index (χ3n) is 2.60. The lowest BCUT2D eigenvalue weighted by atomic mass is 9.82. The van der Waals surface area contributed by atoms with E-state index in [1.807, 2.05) is 20.8 Å². The molecular weight excluding hydrogens is 321 g/mol. The van der Waals surface area contributed by atoms with E-state index in [1.165, 1.54) is 6.07 Å². The number of aromatic carboxylic acids is 1. The summed E-state index contributed by atoms with van der Waals surface area (Å²) in [5.41, 5.74) is 6.06. The fourth-order valence-electron chi connectivity index (χ4n) is 1.49. The van der Waals surface area contributed by atoms with Gasteiger partial charge in [-0.2, -0.15) is 0 Å². The second-order valence-corrected chi connectivity index (χ2v) is 5.96. The molecular formula is C12H17BrClNO3. The second kappa shape index (κ2) is 5.91. The Kier molecular flexibility index (Phi) is 5.65. The Morgan fingerprint density at radius 3 is 2.28 bits per heavy atom. The van der Waals surface area contributed by atoms with E-state index in [9.17, 15) is 9.90 Å². The van der Waals surface area contributed by atoms with E-state index in [-0.39, 0.29) is 29.1 Å². The van der Waals surface area contributed by atoms with Gasteiger partial charge in [-0.15, -0.1) is 12.4 Å². The van der Waals surface area contributed by atoms with Gasteiger partial charge in [0, 0.05) is 16.1 Å². The molecule has 18 heavy (non-hydrogen) atoms. The van der Waals surface area contributed by atoms with E-state index in [0.717, 1.165) is 0 Å². The fourth-order valence-corrected chi connectivity index (χ4v) is 1.96.